The molecule has 4 aromatic rings. The zero-order valence-corrected chi connectivity index (χ0v) is 43.1. The molecule has 4 aromatic carbocycles. The maximum atomic E-state index is 14.6. The molecule has 2 aliphatic carbocycles. The highest BCUT2D eigenvalue weighted by Crippen LogP contribution is 2.70. The van der Waals surface area contributed by atoms with Gasteiger partial charge in [0.05, 0.1) is 10.8 Å². The minimum atomic E-state index is -1.65. The van der Waals surface area contributed by atoms with Crippen molar-refractivity contribution >= 4 is 103 Å². The Morgan fingerprint density at radius 1 is 0.653 bits per heavy atom. The molecule has 0 saturated carbocycles. The number of nitrogens with zero attached hydrogens (tertiary/aromatic N) is 4. The number of rotatable bonds is 10. The summed E-state index contributed by atoms with van der Waals surface area (Å²) in [5.74, 6) is -0.340. The number of benzene rings is 4. The Morgan fingerprint density at radius 3 is 1.75 bits per heavy atom. The lowest BCUT2D eigenvalue weighted by molar-refractivity contribution is -0.160. The summed E-state index contributed by atoms with van der Waals surface area (Å²) in [4.78, 5) is 83.1. The van der Waals surface area contributed by atoms with Crippen molar-refractivity contribution in [3.05, 3.63) is 143 Å². The number of likely N-dealkylation sites (N-methyl/N-ethyl adjacent to an activating group) is 2. The standard InChI is InChI=1S/C31H33N3O5S2.C23H19N3O3S2/c1-18(35)14-16-40-26-25(37)34-28-30(23-10-6-7-11-24(23)32-28,22-13-12-20-8-4-5-9-21(20)22)27(38)31(34,29(39)33(26)3)41-17-15-19(2)36;1-25-18-17(27)26-20-22(15-8-4-5-9-16(15)24-20,19(28)23(26,21(25)29)31-30-18)14-11-10-12-6-2-3-7-13(12)14/h4-11,13,26-28,32,38H,12,14-17H2,1-3H3;2-9,11,18-20,24,28H,10H2,1H3/t26-,27-,28+,30-,31-;18-,19-,20+,22-,23-/m00/s1. The van der Waals surface area contributed by atoms with Crippen LogP contribution in [0.3, 0.4) is 0 Å². The van der Waals surface area contributed by atoms with Gasteiger partial charge in [-0.2, -0.15) is 0 Å². The van der Waals surface area contributed by atoms with Crippen LogP contribution in [0.4, 0.5) is 11.4 Å². The number of nitrogens with one attached hydrogen (secondary N) is 2. The van der Waals surface area contributed by atoms with E-state index in [1.807, 2.05) is 78.9 Å². The highest BCUT2D eigenvalue weighted by atomic mass is 33.1. The van der Waals surface area contributed by atoms with Crippen LogP contribution in [0.2, 0.25) is 0 Å². The summed E-state index contributed by atoms with van der Waals surface area (Å²) in [6, 6.07) is 31.9. The molecule has 8 heterocycles. The average Bonchev–Trinajstić information content (AvgIpc) is 4.21. The van der Waals surface area contributed by atoms with Gasteiger partial charge in [0.15, 0.2) is 15.6 Å². The Kier molecular flexibility index (Phi) is 11.2. The van der Waals surface area contributed by atoms with Gasteiger partial charge >= 0.3 is 0 Å². The van der Waals surface area contributed by atoms with Crippen LogP contribution in [0.1, 0.15) is 60.1 Å². The molecule has 72 heavy (non-hydrogen) atoms. The Balaban J connectivity index is 0.000000152. The van der Waals surface area contributed by atoms with Crippen LogP contribution in [0.15, 0.2) is 109 Å². The smallest absolute Gasteiger partial charge is 0.263 e. The third-order valence-corrected chi connectivity index (χ3v) is 22.2. The molecule has 2 bridgehead atoms. The van der Waals surface area contributed by atoms with Gasteiger partial charge in [0, 0.05) is 49.8 Å². The van der Waals surface area contributed by atoms with Crippen LogP contribution in [-0.4, -0.2) is 136 Å². The molecule has 14 rings (SSSR count). The SMILES string of the molecule is CC(=O)CCS[C@H]1C(=O)N2[C@H]3Nc4ccccc4[C@@]3(C3=CCc4ccccc43)[C@H](O)[C@]2(SCCC(C)=O)C(=O)N1C.CN1C(=O)[C@]23SS[C@H]1C(=O)N2[C@H]1Nc2ccccc2[C@@]1(C1=CCc2ccccc21)[C@@H]3O. The number of aliphatic hydroxyl groups is 2. The Labute approximate surface area is 433 Å². The third-order valence-electron chi connectivity index (χ3n) is 16.2. The van der Waals surface area contributed by atoms with Gasteiger partial charge in [0.25, 0.3) is 23.6 Å². The summed E-state index contributed by atoms with van der Waals surface area (Å²) in [6.45, 7) is 3.00. The number of para-hydroxylation sites is 2. The fourth-order valence-electron chi connectivity index (χ4n) is 13.1. The molecule has 10 atom stereocenters. The Bertz CT molecular complexity index is 3130. The van der Waals surface area contributed by atoms with E-state index in [1.54, 1.807) is 23.9 Å². The highest BCUT2D eigenvalue weighted by molar-refractivity contribution is 8.78. The molecule has 4 N–H and O–H groups in total. The van der Waals surface area contributed by atoms with Crippen LogP contribution >= 0.6 is 45.1 Å². The van der Waals surface area contributed by atoms with Crippen LogP contribution in [-0.2, 0) is 52.4 Å². The second-order valence-corrected chi connectivity index (χ2v) is 24.8. The van der Waals surface area contributed by atoms with Gasteiger partial charge in [-0.15, -0.1) is 23.5 Å². The second kappa shape index (κ2) is 17.0. The minimum Gasteiger partial charge on any atom is -0.388 e. The number of carbonyl (C=O) groups excluding carboxylic acids is 6. The molecule has 0 unspecified atom stereocenters. The van der Waals surface area contributed by atoms with E-state index in [2.05, 4.69) is 41.0 Å². The van der Waals surface area contributed by atoms with Crippen molar-refractivity contribution in [1.29, 1.82) is 0 Å². The van der Waals surface area contributed by atoms with Gasteiger partial charge in [-0.05, 0) is 94.1 Å². The Hall–Kier alpha value is -5.50. The first kappa shape index (κ1) is 47.5. The molecule has 10 aliphatic rings. The first-order valence-electron chi connectivity index (χ1n) is 24.1. The normalized spacial score (nSPS) is 32.6. The molecule has 8 aliphatic heterocycles. The molecule has 4 amide bonds. The van der Waals surface area contributed by atoms with E-state index in [4.69, 9.17) is 0 Å². The van der Waals surface area contributed by atoms with Gasteiger partial charge < -0.3 is 30.6 Å². The predicted molar refractivity (Wildman–Crippen MR) is 282 cm³/mol. The number of piperazine rings is 2. The van der Waals surface area contributed by atoms with Crippen molar-refractivity contribution in [3.63, 3.8) is 0 Å². The van der Waals surface area contributed by atoms with E-state index in [1.165, 1.54) is 74.3 Å². The summed E-state index contributed by atoms with van der Waals surface area (Å²) in [5.41, 5.74) is 7.74. The molecular weight excluding hydrogens is 989 g/mol. The monoisotopic (exact) mass is 1040 g/mol. The number of hydrogen-bond donors (Lipinski definition) is 4. The maximum Gasteiger partial charge on any atom is 0.263 e. The number of aliphatic hydroxyl groups excluding tert-OH is 2. The van der Waals surface area contributed by atoms with Crippen LogP contribution in [0.5, 0.6) is 0 Å². The number of carbonyl (C=O) groups is 6. The summed E-state index contributed by atoms with van der Waals surface area (Å²) in [7, 11) is 5.97. The number of anilines is 2. The second-order valence-electron chi connectivity index (χ2n) is 19.8. The topological polar surface area (TPSA) is 180 Å². The van der Waals surface area contributed by atoms with E-state index in [0.717, 1.165) is 56.8 Å². The zero-order valence-electron chi connectivity index (χ0n) is 39.9. The Morgan fingerprint density at radius 2 is 1.17 bits per heavy atom. The van der Waals surface area contributed by atoms with E-state index < -0.39 is 55.9 Å². The molecule has 18 heteroatoms. The molecule has 6 fully saturated rings. The summed E-state index contributed by atoms with van der Waals surface area (Å²) >= 11 is 2.45. The van der Waals surface area contributed by atoms with E-state index in [9.17, 15) is 39.0 Å². The lowest BCUT2D eigenvalue weighted by atomic mass is 9.68. The van der Waals surface area contributed by atoms with E-state index in [-0.39, 0.29) is 47.4 Å². The predicted octanol–water partition coefficient (Wildman–Crippen LogP) is 5.85. The minimum absolute atomic E-state index is 0.0132. The number of Topliss-reactive ketones (excluding diaryl/α,β-unsaturated/α-hetero) is 2. The van der Waals surface area contributed by atoms with Crippen LogP contribution in [0, 0.1) is 0 Å². The molecule has 6 saturated heterocycles. The highest BCUT2D eigenvalue weighted by Gasteiger charge is 2.81. The van der Waals surface area contributed by atoms with E-state index in [0.29, 0.717) is 18.6 Å². The third kappa shape index (κ3) is 6.04. The molecule has 1 spiro atoms. The number of thioether (sulfide) groups is 2. The first-order valence-corrected chi connectivity index (χ1v) is 28.4. The molecule has 370 valence electrons. The zero-order chi connectivity index (χ0) is 50.2. The van der Waals surface area contributed by atoms with Crippen LogP contribution < -0.4 is 10.6 Å². The quantitative estimate of drug-likeness (QED) is 0.139. The van der Waals surface area contributed by atoms with E-state index >= 15 is 0 Å². The number of allylic oxidation sites excluding steroid dienone is 2. The van der Waals surface area contributed by atoms with Crippen molar-refractivity contribution < 1.29 is 39.0 Å². The first-order chi connectivity index (χ1) is 34.7. The van der Waals surface area contributed by atoms with Gasteiger partial charge in [0.2, 0.25) is 4.87 Å². The molecule has 14 nitrogen and oxygen atoms in total. The number of amides is 4. The number of fused-ring (bicyclic) bond motifs is 12. The van der Waals surface area contributed by atoms with Gasteiger partial charge in [0.1, 0.15) is 36.1 Å². The summed E-state index contributed by atoms with van der Waals surface area (Å²) in [6.07, 6.45) is 2.57. The van der Waals surface area contributed by atoms with Gasteiger partial charge in [-0.1, -0.05) is 108 Å². The fraction of sp³-hybridized carbons (Fsp3) is 0.370. The molecule has 0 radical (unpaired) electrons. The fourth-order valence-corrected chi connectivity index (χ4v) is 19.4. The lowest BCUT2D eigenvalue weighted by Gasteiger charge is -2.53. The maximum absolute atomic E-state index is 14.6. The largest absolute Gasteiger partial charge is 0.388 e. The summed E-state index contributed by atoms with van der Waals surface area (Å²) < 4.78 is 0. The van der Waals surface area contributed by atoms with Crippen molar-refractivity contribution in [2.45, 2.75) is 95.4 Å². The van der Waals surface area contributed by atoms with Crippen molar-refractivity contribution in [2.24, 2.45) is 0 Å². The average molecular weight is 1040 g/mol. The van der Waals surface area contributed by atoms with Crippen LogP contribution in [0.25, 0.3) is 11.1 Å². The number of hydrogen-bond acceptors (Lipinski definition) is 14. The molecule has 0 aromatic heterocycles. The van der Waals surface area contributed by atoms with Crippen molar-refractivity contribution in [2.75, 3.05) is 36.2 Å². The van der Waals surface area contributed by atoms with Gasteiger partial charge in [-0.25, -0.2) is 0 Å². The summed E-state index contributed by atoms with van der Waals surface area (Å²) in [5, 5.41) is 30.6. The van der Waals surface area contributed by atoms with Crippen molar-refractivity contribution in [1.82, 2.24) is 19.6 Å². The molecular formula is C54H52N6O8S4. The number of ketones is 2. The van der Waals surface area contributed by atoms with Gasteiger partial charge in [-0.3, -0.25) is 38.6 Å². The van der Waals surface area contributed by atoms with Crippen molar-refractivity contribution in [3.8, 4) is 0 Å². The lowest BCUT2D eigenvalue weighted by Crippen LogP contribution is -2.73.